The van der Waals surface area contributed by atoms with E-state index in [9.17, 15) is 0 Å². The Labute approximate surface area is 176 Å². The summed E-state index contributed by atoms with van der Waals surface area (Å²) in [5.74, 6) is 2.32. The zero-order chi connectivity index (χ0) is 20.8. The first kappa shape index (κ1) is 19.9. The molecule has 30 heavy (non-hydrogen) atoms. The average molecular weight is 406 g/mol. The predicted octanol–water partition coefficient (Wildman–Crippen LogP) is 2.40. The monoisotopic (exact) mass is 405 g/mol. The third-order valence-electron chi connectivity index (χ3n) is 5.17. The molecule has 3 aromatic rings. The number of anilines is 3. The number of nitrogens with two attached hydrogens (primary N) is 1. The van der Waals surface area contributed by atoms with Gasteiger partial charge < -0.3 is 20.7 Å². The fourth-order valence-corrected chi connectivity index (χ4v) is 3.52. The number of nitrogens with zero attached hydrogens (tertiary/aromatic N) is 5. The van der Waals surface area contributed by atoms with Gasteiger partial charge in [-0.2, -0.15) is 15.0 Å². The number of ether oxygens (including phenoxy) is 1. The molecular formula is C22H27N7O. The van der Waals surface area contributed by atoms with Gasteiger partial charge in [0.2, 0.25) is 11.9 Å². The number of rotatable bonds is 7. The molecule has 0 bridgehead atoms. The summed E-state index contributed by atoms with van der Waals surface area (Å²) in [4.78, 5) is 17.8. The normalized spacial score (nSPS) is 14.5. The average Bonchev–Trinajstić information content (AvgIpc) is 2.79. The van der Waals surface area contributed by atoms with Crippen LogP contribution in [0.15, 0.2) is 54.6 Å². The Hall–Kier alpha value is -3.39. The van der Waals surface area contributed by atoms with Crippen LogP contribution >= 0.6 is 0 Å². The molecule has 2 heterocycles. The molecule has 8 nitrogen and oxygen atoms in total. The molecule has 0 radical (unpaired) electrons. The molecule has 1 fully saturated rings. The van der Waals surface area contributed by atoms with E-state index in [0.717, 1.165) is 37.5 Å². The maximum atomic E-state index is 5.92. The Kier molecular flexibility index (Phi) is 6.24. The summed E-state index contributed by atoms with van der Waals surface area (Å²) in [5.41, 5.74) is 8.29. The first-order valence-corrected chi connectivity index (χ1v) is 10.1. The highest BCUT2D eigenvalue weighted by Crippen LogP contribution is 2.21. The number of aromatic nitrogens is 3. The van der Waals surface area contributed by atoms with Crippen LogP contribution in [0.3, 0.4) is 0 Å². The zero-order valence-corrected chi connectivity index (χ0v) is 17.2. The molecule has 1 aliphatic rings. The van der Waals surface area contributed by atoms with Crippen LogP contribution in [0.4, 0.5) is 17.6 Å². The highest BCUT2D eigenvalue weighted by atomic mass is 16.5. The summed E-state index contributed by atoms with van der Waals surface area (Å²) in [6, 6.07) is 18.3. The smallest absolute Gasteiger partial charge is 0.228 e. The van der Waals surface area contributed by atoms with E-state index in [-0.39, 0.29) is 5.95 Å². The SMILES string of the molecule is COc1ccc(N2CCN(Cc3nc(N)nc(NCc4ccccc4)n3)CC2)cc1. The molecule has 4 rings (SSSR count). The second kappa shape index (κ2) is 9.41. The van der Waals surface area contributed by atoms with Gasteiger partial charge in [0, 0.05) is 38.4 Å². The first-order valence-electron chi connectivity index (χ1n) is 10.1. The van der Waals surface area contributed by atoms with Gasteiger partial charge in [-0.1, -0.05) is 30.3 Å². The van der Waals surface area contributed by atoms with Gasteiger partial charge in [-0.25, -0.2) is 0 Å². The highest BCUT2D eigenvalue weighted by Gasteiger charge is 2.19. The van der Waals surface area contributed by atoms with Crippen molar-refractivity contribution in [1.82, 2.24) is 19.9 Å². The number of methoxy groups -OCH3 is 1. The molecule has 0 saturated carbocycles. The van der Waals surface area contributed by atoms with E-state index in [4.69, 9.17) is 10.5 Å². The van der Waals surface area contributed by atoms with Crippen LogP contribution in [0, 0.1) is 0 Å². The minimum atomic E-state index is 0.243. The molecule has 0 spiro atoms. The Balaban J connectivity index is 1.32. The van der Waals surface area contributed by atoms with Gasteiger partial charge in [-0.05, 0) is 29.8 Å². The second-order valence-corrected chi connectivity index (χ2v) is 7.23. The first-order chi connectivity index (χ1) is 14.7. The number of hydrogen-bond donors (Lipinski definition) is 2. The Morgan fingerprint density at radius 3 is 2.37 bits per heavy atom. The summed E-state index contributed by atoms with van der Waals surface area (Å²) >= 11 is 0. The van der Waals surface area contributed by atoms with Crippen LogP contribution < -0.4 is 20.7 Å². The lowest BCUT2D eigenvalue weighted by atomic mass is 10.2. The summed E-state index contributed by atoms with van der Waals surface area (Å²) in [6.45, 7) is 5.07. The summed E-state index contributed by atoms with van der Waals surface area (Å²) in [7, 11) is 1.68. The van der Waals surface area contributed by atoms with Crippen LogP contribution in [0.5, 0.6) is 5.75 Å². The van der Waals surface area contributed by atoms with E-state index in [0.29, 0.717) is 24.9 Å². The molecule has 3 N–H and O–H groups in total. The van der Waals surface area contributed by atoms with Crippen molar-refractivity contribution in [3.63, 3.8) is 0 Å². The van der Waals surface area contributed by atoms with E-state index in [2.05, 4.69) is 54.3 Å². The van der Waals surface area contributed by atoms with Crippen molar-refractivity contribution in [3.8, 4) is 5.75 Å². The van der Waals surface area contributed by atoms with E-state index in [1.807, 2.05) is 30.3 Å². The topological polar surface area (TPSA) is 92.4 Å². The maximum absolute atomic E-state index is 5.92. The van der Waals surface area contributed by atoms with E-state index in [1.165, 1.54) is 5.69 Å². The summed E-state index contributed by atoms with van der Waals surface area (Å²) < 4.78 is 5.24. The molecular weight excluding hydrogens is 378 g/mol. The lowest BCUT2D eigenvalue weighted by Gasteiger charge is -2.35. The van der Waals surface area contributed by atoms with Gasteiger partial charge in [0.25, 0.3) is 0 Å². The van der Waals surface area contributed by atoms with Crippen molar-refractivity contribution in [1.29, 1.82) is 0 Å². The number of nitrogens with one attached hydrogen (secondary N) is 1. The Bertz CT molecular complexity index is 941. The molecule has 0 unspecified atom stereocenters. The lowest BCUT2D eigenvalue weighted by molar-refractivity contribution is 0.244. The Morgan fingerprint density at radius 2 is 1.67 bits per heavy atom. The highest BCUT2D eigenvalue weighted by molar-refractivity contribution is 5.49. The molecule has 1 aliphatic heterocycles. The molecule has 1 aromatic heterocycles. The Morgan fingerprint density at radius 1 is 0.933 bits per heavy atom. The minimum Gasteiger partial charge on any atom is -0.497 e. The van der Waals surface area contributed by atoms with Gasteiger partial charge in [0.05, 0.1) is 13.7 Å². The molecule has 1 saturated heterocycles. The molecule has 0 atom stereocenters. The summed E-state index contributed by atoms with van der Waals surface area (Å²) in [6.07, 6.45) is 0. The summed E-state index contributed by atoms with van der Waals surface area (Å²) in [5, 5.41) is 3.24. The van der Waals surface area contributed by atoms with Crippen LogP contribution in [-0.4, -0.2) is 53.1 Å². The number of benzene rings is 2. The van der Waals surface area contributed by atoms with Crippen LogP contribution in [-0.2, 0) is 13.1 Å². The standard InChI is InChI=1S/C22H27N7O/c1-30-19-9-7-18(8-10-19)29-13-11-28(12-14-29)16-20-25-21(23)27-22(26-20)24-15-17-5-3-2-4-6-17/h2-10H,11-16H2,1H3,(H3,23,24,25,26,27). The molecule has 156 valence electrons. The zero-order valence-electron chi connectivity index (χ0n) is 17.2. The molecule has 0 amide bonds. The van der Waals surface area contributed by atoms with Crippen molar-refractivity contribution < 1.29 is 4.74 Å². The fourth-order valence-electron chi connectivity index (χ4n) is 3.52. The van der Waals surface area contributed by atoms with Crippen molar-refractivity contribution in [3.05, 3.63) is 66.0 Å². The van der Waals surface area contributed by atoms with Crippen molar-refractivity contribution in [2.24, 2.45) is 0 Å². The van der Waals surface area contributed by atoms with E-state index < -0.39 is 0 Å². The van der Waals surface area contributed by atoms with E-state index >= 15 is 0 Å². The second-order valence-electron chi connectivity index (χ2n) is 7.23. The predicted molar refractivity (Wildman–Crippen MR) is 118 cm³/mol. The van der Waals surface area contributed by atoms with Gasteiger partial charge in [-0.15, -0.1) is 0 Å². The molecule has 2 aromatic carbocycles. The van der Waals surface area contributed by atoms with Crippen LogP contribution in [0.25, 0.3) is 0 Å². The van der Waals surface area contributed by atoms with Crippen LogP contribution in [0.1, 0.15) is 11.4 Å². The lowest BCUT2D eigenvalue weighted by Crippen LogP contribution is -2.46. The number of piperazine rings is 1. The van der Waals surface area contributed by atoms with Gasteiger partial charge >= 0.3 is 0 Å². The fraction of sp³-hybridized carbons (Fsp3) is 0.318. The largest absolute Gasteiger partial charge is 0.497 e. The molecule has 8 heteroatoms. The quantitative estimate of drug-likeness (QED) is 0.619. The minimum absolute atomic E-state index is 0.243. The molecule has 0 aliphatic carbocycles. The van der Waals surface area contributed by atoms with Crippen molar-refractivity contribution >= 4 is 17.6 Å². The van der Waals surface area contributed by atoms with Gasteiger partial charge in [0.15, 0.2) is 0 Å². The van der Waals surface area contributed by atoms with Crippen molar-refractivity contribution in [2.75, 3.05) is 49.2 Å². The maximum Gasteiger partial charge on any atom is 0.228 e. The van der Waals surface area contributed by atoms with E-state index in [1.54, 1.807) is 7.11 Å². The third kappa shape index (κ3) is 5.15. The van der Waals surface area contributed by atoms with Crippen molar-refractivity contribution in [2.45, 2.75) is 13.1 Å². The number of nitrogen functional groups attached to an aromatic ring is 1. The van der Waals surface area contributed by atoms with Gasteiger partial charge in [0.1, 0.15) is 11.6 Å². The van der Waals surface area contributed by atoms with Gasteiger partial charge in [-0.3, -0.25) is 4.90 Å². The number of hydrogen-bond acceptors (Lipinski definition) is 8. The third-order valence-corrected chi connectivity index (χ3v) is 5.17. The van der Waals surface area contributed by atoms with Crippen LogP contribution in [0.2, 0.25) is 0 Å².